The van der Waals surface area contributed by atoms with Gasteiger partial charge in [-0.05, 0) is 41.4 Å². The zero-order valence-electron chi connectivity index (χ0n) is 12.2. The average Bonchev–Trinajstić information content (AvgIpc) is 2.45. The zero-order valence-corrected chi connectivity index (χ0v) is 15.4. The Morgan fingerprint density at radius 1 is 1.23 bits per heavy atom. The Bertz CT molecular complexity index is 511. The van der Waals surface area contributed by atoms with E-state index in [1.807, 2.05) is 12.1 Å². The van der Waals surface area contributed by atoms with Gasteiger partial charge in [-0.25, -0.2) is 4.98 Å². The van der Waals surface area contributed by atoms with Crippen molar-refractivity contribution in [3.63, 3.8) is 0 Å². The molecule has 126 valence electrons. The van der Waals surface area contributed by atoms with E-state index < -0.39 is 9.05 Å². The molecule has 6 nitrogen and oxygen atoms in total. The van der Waals surface area contributed by atoms with Gasteiger partial charge in [0.1, 0.15) is 0 Å². The van der Waals surface area contributed by atoms with Crippen molar-refractivity contribution in [1.82, 2.24) is 10.3 Å². The predicted octanol–water partition coefficient (Wildman–Crippen LogP) is 2.52. The maximum atomic E-state index is 10.6. The molecule has 2 N–H and O–H groups in total. The molecule has 0 saturated carbocycles. The number of ether oxygens (including phenoxy) is 1. The van der Waals surface area contributed by atoms with Gasteiger partial charge in [0.05, 0.1) is 13.2 Å². The molecule has 0 spiro atoms. The molecule has 0 fully saturated rings. The maximum absolute atomic E-state index is 10.6. The molecule has 0 aromatic carbocycles. The first-order chi connectivity index (χ1) is 10.5. The number of aromatic nitrogens is 1. The Labute approximate surface area is 144 Å². The fraction of sp³-hybridized carbons (Fsp3) is 0.615. The Morgan fingerprint density at radius 3 is 2.68 bits per heavy atom. The van der Waals surface area contributed by atoms with Crippen LogP contribution < -0.4 is 10.1 Å². The third-order valence-corrected chi connectivity index (χ3v) is 3.93. The number of halogens is 1. The number of hydrogen-bond acceptors (Lipinski definition) is 6. The summed E-state index contributed by atoms with van der Waals surface area (Å²) in [7, 11) is -3.49. The van der Waals surface area contributed by atoms with Crippen LogP contribution in [0.5, 0.6) is 5.88 Å². The van der Waals surface area contributed by atoms with Crippen molar-refractivity contribution >= 4 is 36.2 Å². The highest BCUT2D eigenvalue weighted by Crippen LogP contribution is 2.12. The van der Waals surface area contributed by atoms with Crippen molar-refractivity contribution < 1.29 is 17.7 Å². The van der Waals surface area contributed by atoms with Gasteiger partial charge in [0.25, 0.3) is 9.05 Å². The van der Waals surface area contributed by atoms with Gasteiger partial charge in [-0.3, -0.25) is 8.74 Å². The third-order valence-electron chi connectivity index (χ3n) is 2.71. The molecule has 1 aromatic rings. The Kier molecular flexibility index (Phi) is 10.1. The van der Waals surface area contributed by atoms with E-state index in [4.69, 9.17) is 9.29 Å². The second kappa shape index (κ2) is 11.3. The molecule has 1 heterocycles. The molecular formula is C13H21BrN2O4S2. The predicted molar refractivity (Wildman–Crippen MR) is 92.9 cm³/mol. The Morgan fingerprint density at radius 2 is 2.00 bits per heavy atom. The summed E-state index contributed by atoms with van der Waals surface area (Å²) in [5.74, 6) is 0.645. The highest BCUT2D eigenvalue weighted by Gasteiger charge is 1.98. The molecule has 22 heavy (non-hydrogen) atoms. The van der Waals surface area contributed by atoms with Crippen LogP contribution in [-0.2, 0) is 24.4 Å². The summed E-state index contributed by atoms with van der Waals surface area (Å²) in [5.41, 5.74) is 0. The minimum absolute atomic E-state index is 0.146. The van der Waals surface area contributed by atoms with Gasteiger partial charge in [0.15, 0.2) is 0 Å². The summed E-state index contributed by atoms with van der Waals surface area (Å²) in [6, 6.07) is 3.74. The Balaban J connectivity index is 1.86. The molecule has 1 rings (SSSR count). The summed E-state index contributed by atoms with van der Waals surface area (Å²) < 4.78 is 30.4. The lowest BCUT2D eigenvalue weighted by Crippen LogP contribution is -2.22. The minimum Gasteiger partial charge on any atom is -0.478 e. The highest BCUT2D eigenvalue weighted by atomic mass is 79.9. The van der Waals surface area contributed by atoms with Crippen LogP contribution in [0.4, 0.5) is 0 Å². The van der Waals surface area contributed by atoms with Crippen LogP contribution >= 0.6 is 15.9 Å². The van der Waals surface area contributed by atoms with Crippen molar-refractivity contribution in [3.05, 3.63) is 22.8 Å². The first kappa shape index (κ1) is 19.7. The molecule has 0 radical (unpaired) electrons. The molecule has 0 aliphatic rings. The number of pyridine rings is 1. The number of rotatable bonds is 12. The molecule has 0 aliphatic carbocycles. The van der Waals surface area contributed by atoms with Crippen molar-refractivity contribution in [2.75, 3.05) is 26.3 Å². The van der Waals surface area contributed by atoms with Crippen molar-refractivity contribution in [1.29, 1.82) is 0 Å². The standard InChI is InChI=1S/C13H21BrN2O4S2/c14-12-5-6-13(16-11-12)19-9-4-2-1-3-7-15-8-10-20-22(17,18)21/h5-6,11,15H,1-4,7-10H2,(H,17,18,21). The van der Waals surface area contributed by atoms with E-state index in [0.717, 1.165) is 36.7 Å². The molecule has 1 unspecified atom stereocenters. The van der Waals surface area contributed by atoms with Gasteiger partial charge in [-0.2, -0.15) is 4.21 Å². The summed E-state index contributed by atoms with van der Waals surface area (Å²) in [4.78, 5) is 4.13. The van der Waals surface area contributed by atoms with Crippen LogP contribution in [0.3, 0.4) is 0 Å². The largest absolute Gasteiger partial charge is 0.478 e. The molecule has 1 atom stereocenters. The van der Waals surface area contributed by atoms with Crippen molar-refractivity contribution in [2.45, 2.75) is 25.7 Å². The van der Waals surface area contributed by atoms with E-state index in [1.54, 1.807) is 6.20 Å². The molecule has 0 bridgehead atoms. The second-order valence-electron chi connectivity index (χ2n) is 4.58. The quantitative estimate of drug-likeness (QED) is 0.510. The fourth-order valence-corrected chi connectivity index (χ4v) is 2.41. The SMILES string of the molecule is O=S(O)(=S)OCCNCCCCCCOc1ccc(Br)cn1. The van der Waals surface area contributed by atoms with Gasteiger partial charge < -0.3 is 10.1 Å². The molecule has 9 heteroatoms. The lowest BCUT2D eigenvalue weighted by atomic mass is 10.2. The van der Waals surface area contributed by atoms with Gasteiger partial charge in [0.2, 0.25) is 5.88 Å². The topological polar surface area (TPSA) is 80.7 Å². The zero-order chi connectivity index (χ0) is 16.3. The maximum Gasteiger partial charge on any atom is 0.266 e. The normalized spacial score (nSPS) is 13.7. The van der Waals surface area contributed by atoms with Gasteiger partial charge in [-0.1, -0.05) is 12.8 Å². The van der Waals surface area contributed by atoms with E-state index in [9.17, 15) is 4.21 Å². The highest BCUT2D eigenvalue weighted by molar-refractivity contribution is 9.10. The van der Waals surface area contributed by atoms with Crippen LogP contribution in [0.2, 0.25) is 0 Å². The van der Waals surface area contributed by atoms with Gasteiger partial charge >= 0.3 is 0 Å². The first-order valence-electron chi connectivity index (χ1n) is 7.04. The lowest BCUT2D eigenvalue weighted by Gasteiger charge is -2.06. The molecule has 0 aliphatic heterocycles. The molecule has 0 amide bonds. The molecular weight excluding hydrogens is 392 g/mol. The molecule has 1 aromatic heterocycles. The average molecular weight is 413 g/mol. The van der Waals surface area contributed by atoms with Crippen LogP contribution in [0.1, 0.15) is 25.7 Å². The van der Waals surface area contributed by atoms with E-state index in [-0.39, 0.29) is 6.61 Å². The first-order valence-corrected chi connectivity index (χ1v) is 10.2. The van der Waals surface area contributed by atoms with E-state index in [0.29, 0.717) is 19.0 Å². The van der Waals surface area contributed by atoms with Gasteiger partial charge in [0, 0.05) is 34.5 Å². The van der Waals surface area contributed by atoms with Crippen molar-refractivity contribution in [3.8, 4) is 5.88 Å². The summed E-state index contributed by atoms with van der Waals surface area (Å²) in [5, 5.41) is 3.13. The Hall–Kier alpha value is -0.320. The third kappa shape index (κ3) is 11.3. The summed E-state index contributed by atoms with van der Waals surface area (Å²) >= 11 is 7.53. The van der Waals surface area contributed by atoms with Crippen LogP contribution in [0.15, 0.2) is 22.8 Å². The number of nitrogens with one attached hydrogen (secondary N) is 1. The summed E-state index contributed by atoms with van der Waals surface area (Å²) in [6.07, 6.45) is 5.93. The fourth-order valence-electron chi connectivity index (χ4n) is 1.67. The van der Waals surface area contributed by atoms with Gasteiger partial charge in [-0.15, -0.1) is 0 Å². The minimum atomic E-state index is -3.49. The van der Waals surface area contributed by atoms with E-state index >= 15 is 0 Å². The van der Waals surface area contributed by atoms with E-state index in [2.05, 4.69) is 41.6 Å². The number of hydrogen-bond donors (Lipinski definition) is 2. The molecule has 0 saturated heterocycles. The van der Waals surface area contributed by atoms with E-state index in [1.165, 1.54) is 0 Å². The van der Waals surface area contributed by atoms with Crippen LogP contribution in [0, 0.1) is 0 Å². The smallest absolute Gasteiger partial charge is 0.266 e. The monoisotopic (exact) mass is 412 g/mol. The van der Waals surface area contributed by atoms with Crippen LogP contribution in [-0.4, -0.2) is 40.0 Å². The van der Waals surface area contributed by atoms with Crippen LogP contribution in [0.25, 0.3) is 0 Å². The number of nitrogens with zero attached hydrogens (tertiary/aromatic N) is 1. The number of unbranched alkanes of at least 4 members (excludes halogenated alkanes) is 3. The lowest BCUT2D eigenvalue weighted by molar-refractivity contribution is 0.292. The van der Waals surface area contributed by atoms with Crippen molar-refractivity contribution in [2.24, 2.45) is 0 Å². The second-order valence-corrected chi connectivity index (χ2v) is 7.85. The summed E-state index contributed by atoms with van der Waals surface area (Å²) in [6.45, 7) is 2.18.